The van der Waals surface area contributed by atoms with Crippen molar-refractivity contribution < 1.29 is 23.9 Å². The van der Waals surface area contributed by atoms with Crippen LogP contribution in [0.15, 0.2) is 42.5 Å². The van der Waals surface area contributed by atoms with E-state index in [0.717, 1.165) is 0 Å². The SMILES string of the molecule is C=C(C)C(=O)OCCCCC(=O)OC(=O)c1ccccc1. The number of unbranched alkanes of at least 4 members (excludes halogenated alkanes) is 1. The van der Waals surface area contributed by atoms with E-state index in [1.807, 2.05) is 0 Å². The van der Waals surface area contributed by atoms with Gasteiger partial charge in [-0.25, -0.2) is 9.59 Å². The van der Waals surface area contributed by atoms with Crippen LogP contribution in [0.1, 0.15) is 36.5 Å². The van der Waals surface area contributed by atoms with E-state index in [0.29, 0.717) is 24.0 Å². The van der Waals surface area contributed by atoms with Crippen LogP contribution < -0.4 is 0 Å². The first-order chi connectivity index (χ1) is 10.0. The van der Waals surface area contributed by atoms with Gasteiger partial charge in [-0.1, -0.05) is 24.8 Å². The molecule has 0 spiro atoms. The third-order valence-electron chi connectivity index (χ3n) is 2.57. The van der Waals surface area contributed by atoms with E-state index in [-0.39, 0.29) is 13.0 Å². The Morgan fingerprint density at radius 2 is 1.76 bits per heavy atom. The van der Waals surface area contributed by atoms with E-state index in [9.17, 15) is 14.4 Å². The highest BCUT2D eigenvalue weighted by Gasteiger charge is 2.12. The maximum absolute atomic E-state index is 11.6. The molecule has 0 aliphatic heterocycles. The van der Waals surface area contributed by atoms with E-state index >= 15 is 0 Å². The van der Waals surface area contributed by atoms with Crippen LogP contribution in [0, 0.1) is 0 Å². The maximum Gasteiger partial charge on any atom is 0.345 e. The minimum absolute atomic E-state index is 0.100. The Hall–Kier alpha value is -2.43. The predicted molar refractivity (Wildman–Crippen MR) is 76.5 cm³/mol. The summed E-state index contributed by atoms with van der Waals surface area (Å²) >= 11 is 0. The number of ether oxygens (including phenoxy) is 2. The molecule has 5 nitrogen and oxygen atoms in total. The Kier molecular flexibility index (Phi) is 6.87. The molecule has 0 atom stereocenters. The van der Waals surface area contributed by atoms with Crippen LogP contribution in [0.4, 0.5) is 0 Å². The van der Waals surface area contributed by atoms with E-state index in [1.165, 1.54) is 0 Å². The Morgan fingerprint density at radius 3 is 2.38 bits per heavy atom. The van der Waals surface area contributed by atoms with Gasteiger partial charge in [-0.3, -0.25) is 4.79 Å². The number of hydrogen-bond donors (Lipinski definition) is 0. The molecule has 112 valence electrons. The van der Waals surface area contributed by atoms with Crippen LogP contribution in [0.3, 0.4) is 0 Å². The molecule has 0 heterocycles. The number of carbonyl (C=O) groups excluding carboxylic acids is 3. The zero-order valence-electron chi connectivity index (χ0n) is 12.0. The van der Waals surface area contributed by atoms with Gasteiger partial charge in [0.1, 0.15) is 0 Å². The van der Waals surface area contributed by atoms with Gasteiger partial charge in [0.15, 0.2) is 0 Å². The second kappa shape index (κ2) is 8.68. The van der Waals surface area contributed by atoms with Crippen molar-refractivity contribution in [1.82, 2.24) is 0 Å². The summed E-state index contributed by atoms with van der Waals surface area (Å²) in [6.45, 7) is 5.24. The number of carbonyl (C=O) groups is 3. The molecular weight excluding hydrogens is 272 g/mol. The summed E-state index contributed by atoms with van der Waals surface area (Å²) in [5, 5.41) is 0. The highest BCUT2D eigenvalue weighted by atomic mass is 16.6. The van der Waals surface area contributed by atoms with Gasteiger partial charge in [-0.2, -0.15) is 0 Å². The van der Waals surface area contributed by atoms with Crippen LogP contribution in [0.25, 0.3) is 0 Å². The molecule has 0 aliphatic carbocycles. The first-order valence-corrected chi connectivity index (χ1v) is 6.63. The second-order valence-corrected chi connectivity index (χ2v) is 4.50. The second-order valence-electron chi connectivity index (χ2n) is 4.50. The topological polar surface area (TPSA) is 69.7 Å². The molecule has 1 aromatic rings. The van der Waals surface area contributed by atoms with Gasteiger partial charge in [-0.05, 0) is 31.9 Å². The molecule has 0 radical (unpaired) electrons. The zero-order chi connectivity index (χ0) is 15.7. The Morgan fingerprint density at radius 1 is 1.10 bits per heavy atom. The Labute approximate surface area is 123 Å². The van der Waals surface area contributed by atoms with Crippen molar-refractivity contribution in [1.29, 1.82) is 0 Å². The molecule has 0 aromatic heterocycles. The fraction of sp³-hybridized carbons (Fsp3) is 0.312. The van der Waals surface area contributed by atoms with E-state index in [4.69, 9.17) is 9.47 Å². The quantitative estimate of drug-likeness (QED) is 0.334. The van der Waals surface area contributed by atoms with Crippen molar-refractivity contribution >= 4 is 17.9 Å². The van der Waals surface area contributed by atoms with Crippen LogP contribution >= 0.6 is 0 Å². The largest absolute Gasteiger partial charge is 0.462 e. The maximum atomic E-state index is 11.6. The molecule has 0 fully saturated rings. The molecule has 21 heavy (non-hydrogen) atoms. The van der Waals surface area contributed by atoms with Gasteiger partial charge >= 0.3 is 17.9 Å². The third-order valence-corrected chi connectivity index (χ3v) is 2.57. The highest BCUT2D eigenvalue weighted by molar-refractivity contribution is 5.96. The third kappa shape index (κ3) is 6.51. The molecule has 0 amide bonds. The molecule has 1 rings (SSSR count). The Bertz CT molecular complexity index is 519. The smallest absolute Gasteiger partial charge is 0.345 e. The summed E-state index contributed by atoms with van der Waals surface area (Å²) in [5.41, 5.74) is 0.670. The van der Waals surface area contributed by atoms with E-state index in [2.05, 4.69) is 6.58 Å². The summed E-state index contributed by atoms with van der Waals surface area (Å²) < 4.78 is 9.58. The van der Waals surface area contributed by atoms with Crippen molar-refractivity contribution in [2.75, 3.05) is 6.61 Å². The molecule has 0 saturated carbocycles. The van der Waals surface area contributed by atoms with Gasteiger partial charge in [0, 0.05) is 12.0 Å². The minimum atomic E-state index is -0.658. The van der Waals surface area contributed by atoms with E-state index < -0.39 is 17.9 Å². The van der Waals surface area contributed by atoms with Crippen LogP contribution in [-0.4, -0.2) is 24.5 Å². The number of benzene rings is 1. The molecule has 0 aliphatic rings. The minimum Gasteiger partial charge on any atom is -0.462 e. The van der Waals surface area contributed by atoms with Crippen molar-refractivity contribution in [2.45, 2.75) is 26.2 Å². The lowest BCUT2D eigenvalue weighted by molar-refractivity contribution is -0.139. The van der Waals surface area contributed by atoms with Crippen molar-refractivity contribution in [3.8, 4) is 0 Å². The summed E-state index contributed by atoms with van der Waals surface area (Å²) in [5.74, 6) is -1.69. The predicted octanol–water partition coefficient (Wildman–Crippen LogP) is 2.66. The average molecular weight is 290 g/mol. The van der Waals surface area contributed by atoms with Gasteiger partial charge in [0.25, 0.3) is 0 Å². The molecule has 1 aromatic carbocycles. The van der Waals surface area contributed by atoms with Gasteiger partial charge in [0.2, 0.25) is 0 Å². The first-order valence-electron chi connectivity index (χ1n) is 6.63. The Balaban J connectivity index is 2.19. The summed E-state index contributed by atoms with van der Waals surface area (Å²) in [7, 11) is 0. The number of esters is 3. The van der Waals surface area contributed by atoms with Crippen LogP contribution in [-0.2, 0) is 19.1 Å². The number of hydrogen-bond acceptors (Lipinski definition) is 5. The van der Waals surface area contributed by atoms with Crippen LogP contribution in [0.2, 0.25) is 0 Å². The zero-order valence-corrected chi connectivity index (χ0v) is 12.0. The lowest BCUT2D eigenvalue weighted by atomic mass is 10.2. The average Bonchev–Trinajstić information content (AvgIpc) is 2.47. The van der Waals surface area contributed by atoms with Crippen molar-refractivity contribution in [3.05, 3.63) is 48.0 Å². The molecule has 5 heteroatoms. The highest BCUT2D eigenvalue weighted by Crippen LogP contribution is 2.05. The normalized spacial score (nSPS) is 9.76. The number of rotatable bonds is 7. The lowest BCUT2D eigenvalue weighted by Gasteiger charge is -2.04. The fourth-order valence-electron chi connectivity index (χ4n) is 1.45. The van der Waals surface area contributed by atoms with Crippen molar-refractivity contribution in [2.24, 2.45) is 0 Å². The van der Waals surface area contributed by atoms with Crippen molar-refractivity contribution in [3.63, 3.8) is 0 Å². The fourth-order valence-corrected chi connectivity index (χ4v) is 1.45. The summed E-state index contributed by atoms with van der Waals surface area (Å²) in [6.07, 6.45) is 1.10. The first kappa shape index (κ1) is 16.6. The molecule has 0 N–H and O–H groups in total. The van der Waals surface area contributed by atoms with Gasteiger partial charge in [0.05, 0.1) is 12.2 Å². The van der Waals surface area contributed by atoms with Crippen LogP contribution in [0.5, 0.6) is 0 Å². The standard InChI is InChI=1S/C16H18O5/c1-12(2)15(18)20-11-7-6-10-14(17)21-16(19)13-8-4-3-5-9-13/h3-5,8-9H,1,6-7,10-11H2,2H3. The summed E-state index contributed by atoms with van der Waals surface area (Å²) in [4.78, 5) is 34.1. The lowest BCUT2D eigenvalue weighted by Crippen LogP contribution is -2.12. The molecular formula is C16H18O5. The van der Waals surface area contributed by atoms with Gasteiger partial charge < -0.3 is 9.47 Å². The summed E-state index contributed by atoms with van der Waals surface area (Å²) in [6, 6.07) is 8.30. The van der Waals surface area contributed by atoms with Gasteiger partial charge in [-0.15, -0.1) is 0 Å². The monoisotopic (exact) mass is 290 g/mol. The van der Waals surface area contributed by atoms with E-state index in [1.54, 1.807) is 37.3 Å². The molecule has 0 saturated heterocycles. The molecule has 0 unspecified atom stereocenters. The molecule has 0 bridgehead atoms.